The van der Waals surface area contributed by atoms with Gasteiger partial charge in [-0.2, -0.15) is 5.26 Å². The number of carbonyl (C=O) groups is 1. The molecule has 156 valence electrons. The second-order valence-corrected chi connectivity index (χ2v) is 8.57. The maximum atomic E-state index is 12.1. The Hall–Kier alpha value is -3.43. The SMILES string of the molecule is Cc1ccccc1NC(=O)COc1ccc(C=Nc2sc3c(c2C#N)CCCC3)cc1. The Kier molecular flexibility index (Phi) is 6.44. The van der Waals surface area contributed by atoms with Crippen molar-refractivity contribution in [2.75, 3.05) is 11.9 Å². The number of aryl methyl sites for hydroxylation is 2. The highest BCUT2D eigenvalue weighted by molar-refractivity contribution is 7.16. The zero-order chi connectivity index (χ0) is 21.6. The lowest BCUT2D eigenvalue weighted by molar-refractivity contribution is -0.118. The Labute approximate surface area is 186 Å². The highest BCUT2D eigenvalue weighted by atomic mass is 32.1. The van der Waals surface area contributed by atoms with Crippen LogP contribution in [0.15, 0.2) is 53.5 Å². The van der Waals surface area contributed by atoms with Crippen molar-refractivity contribution in [1.82, 2.24) is 0 Å². The maximum absolute atomic E-state index is 12.1. The van der Waals surface area contributed by atoms with Crippen molar-refractivity contribution in [3.63, 3.8) is 0 Å². The lowest BCUT2D eigenvalue weighted by Crippen LogP contribution is -2.20. The van der Waals surface area contributed by atoms with Crippen molar-refractivity contribution >= 4 is 34.1 Å². The van der Waals surface area contributed by atoms with Crippen LogP contribution in [0.5, 0.6) is 5.75 Å². The molecule has 1 N–H and O–H groups in total. The summed E-state index contributed by atoms with van der Waals surface area (Å²) < 4.78 is 5.59. The van der Waals surface area contributed by atoms with Crippen LogP contribution in [0.25, 0.3) is 0 Å². The van der Waals surface area contributed by atoms with Crippen molar-refractivity contribution in [2.24, 2.45) is 4.99 Å². The third kappa shape index (κ3) is 5.01. The van der Waals surface area contributed by atoms with E-state index in [0.717, 1.165) is 46.6 Å². The van der Waals surface area contributed by atoms with Gasteiger partial charge in [-0.1, -0.05) is 18.2 Å². The number of nitrogens with one attached hydrogen (secondary N) is 1. The number of amides is 1. The van der Waals surface area contributed by atoms with Crippen LogP contribution in [-0.2, 0) is 17.6 Å². The predicted octanol–water partition coefficient (Wildman–Crippen LogP) is 5.58. The van der Waals surface area contributed by atoms with E-state index in [1.54, 1.807) is 17.6 Å². The average molecular weight is 430 g/mol. The Morgan fingerprint density at radius 2 is 1.97 bits per heavy atom. The van der Waals surface area contributed by atoms with Gasteiger partial charge in [0.15, 0.2) is 6.61 Å². The molecule has 0 saturated heterocycles. The molecule has 1 aromatic heterocycles. The topological polar surface area (TPSA) is 74.5 Å². The largest absolute Gasteiger partial charge is 0.484 e. The van der Waals surface area contributed by atoms with E-state index >= 15 is 0 Å². The predicted molar refractivity (Wildman–Crippen MR) is 125 cm³/mol. The van der Waals surface area contributed by atoms with Gasteiger partial charge in [0, 0.05) is 16.8 Å². The molecule has 0 unspecified atom stereocenters. The lowest BCUT2D eigenvalue weighted by atomic mass is 9.96. The minimum atomic E-state index is -0.203. The molecule has 0 radical (unpaired) electrons. The number of para-hydroxylation sites is 1. The molecule has 0 bridgehead atoms. The molecule has 0 spiro atoms. The number of nitriles is 1. The van der Waals surface area contributed by atoms with Gasteiger partial charge < -0.3 is 10.1 Å². The van der Waals surface area contributed by atoms with Gasteiger partial charge in [-0.3, -0.25) is 4.79 Å². The molecule has 31 heavy (non-hydrogen) atoms. The number of fused-ring (bicyclic) bond motifs is 1. The Morgan fingerprint density at radius 3 is 2.74 bits per heavy atom. The molecule has 0 saturated carbocycles. The van der Waals surface area contributed by atoms with E-state index in [0.29, 0.717) is 5.75 Å². The monoisotopic (exact) mass is 429 g/mol. The normalized spacial score (nSPS) is 12.9. The van der Waals surface area contributed by atoms with Gasteiger partial charge in [0.05, 0.1) is 5.56 Å². The zero-order valence-electron chi connectivity index (χ0n) is 17.4. The van der Waals surface area contributed by atoms with E-state index in [2.05, 4.69) is 16.4 Å². The second kappa shape index (κ2) is 9.59. The highest BCUT2D eigenvalue weighted by Gasteiger charge is 2.20. The molecule has 1 heterocycles. The number of ether oxygens (including phenoxy) is 1. The van der Waals surface area contributed by atoms with Gasteiger partial charge in [0.2, 0.25) is 0 Å². The number of thiophene rings is 1. The van der Waals surface area contributed by atoms with Crippen molar-refractivity contribution in [1.29, 1.82) is 5.26 Å². The highest BCUT2D eigenvalue weighted by Crippen LogP contribution is 2.39. The summed E-state index contributed by atoms with van der Waals surface area (Å²) in [5, 5.41) is 13.2. The van der Waals surface area contributed by atoms with Crippen LogP contribution in [0.1, 0.15) is 40.0 Å². The number of carbonyl (C=O) groups excluding carboxylic acids is 1. The molecule has 0 atom stereocenters. The standard InChI is InChI=1S/C25H23N3O2S/c1-17-6-2-4-8-22(17)28-24(29)16-30-19-12-10-18(11-13-19)15-27-25-21(14-26)20-7-3-5-9-23(20)31-25/h2,4,6,8,10-13,15H,3,5,7,9,16H2,1H3,(H,28,29). The molecule has 4 rings (SSSR count). The number of nitrogens with zero attached hydrogens (tertiary/aromatic N) is 2. The maximum Gasteiger partial charge on any atom is 0.262 e. The molecular weight excluding hydrogens is 406 g/mol. The smallest absolute Gasteiger partial charge is 0.262 e. The van der Waals surface area contributed by atoms with Crippen LogP contribution < -0.4 is 10.1 Å². The Balaban J connectivity index is 1.36. The third-order valence-electron chi connectivity index (χ3n) is 5.26. The average Bonchev–Trinajstić information content (AvgIpc) is 3.16. The summed E-state index contributed by atoms with van der Waals surface area (Å²) in [5.41, 5.74) is 4.63. The van der Waals surface area contributed by atoms with Gasteiger partial charge in [0.1, 0.15) is 16.8 Å². The summed E-state index contributed by atoms with van der Waals surface area (Å²) in [7, 11) is 0. The number of hydrogen-bond acceptors (Lipinski definition) is 5. The van der Waals surface area contributed by atoms with Gasteiger partial charge >= 0.3 is 0 Å². The molecule has 0 aliphatic heterocycles. The number of benzene rings is 2. The van der Waals surface area contributed by atoms with Crippen LogP contribution in [-0.4, -0.2) is 18.7 Å². The van der Waals surface area contributed by atoms with E-state index in [1.807, 2.05) is 55.5 Å². The number of aliphatic imine (C=N–C) groups is 1. The van der Waals surface area contributed by atoms with E-state index < -0.39 is 0 Å². The van der Waals surface area contributed by atoms with Crippen LogP contribution in [0.4, 0.5) is 10.7 Å². The van der Waals surface area contributed by atoms with Crippen molar-refractivity contribution in [3.8, 4) is 11.8 Å². The van der Waals surface area contributed by atoms with Gasteiger partial charge in [-0.05, 0) is 79.6 Å². The quantitative estimate of drug-likeness (QED) is 0.520. The van der Waals surface area contributed by atoms with Crippen molar-refractivity contribution in [3.05, 3.63) is 75.7 Å². The molecule has 1 aliphatic rings. The fraction of sp³-hybridized carbons (Fsp3) is 0.240. The molecule has 3 aromatic rings. The fourth-order valence-electron chi connectivity index (χ4n) is 3.59. The van der Waals surface area contributed by atoms with Crippen molar-refractivity contribution in [2.45, 2.75) is 32.6 Å². The fourth-order valence-corrected chi connectivity index (χ4v) is 4.77. The van der Waals surface area contributed by atoms with E-state index in [9.17, 15) is 10.1 Å². The first-order chi connectivity index (χ1) is 15.1. The number of rotatable bonds is 6. The number of anilines is 1. The Bertz CT molecular complexity index is 1160. The summed E-state index contributed by atoms with van der Waals surface area (Å²) in [4.78, 5) is 18.0. The van der Waals surface area contributed by atoms with Gasteiger partial charge in [-0.25, -0.2) is 4.99 Å². The molecular formula is C25H23N3O2S. The van der Waals surface area contributed by atoms with E-state index in [-0.39, 0.29) is 12.5 Å². The van der Waals surface area contributed by atoms with Crippen molar-refractivity contribution < 1.29 is 9.53 Å². The summed E-state index contributed by atoms with van der Waals surface area (Å²) in [6, 6.07) is 17.4. The lowest BCUT2D eigenvalue weighted by Gasteiger charge is -2.09. The summed E-state index contributed by atoms with van der Waals surface area (Å²) in [6.07, 6.45) is 6.13. The first-order valence-corrected chi connectivity index (χ1v) is 11.1. The first kappa shape index (κ1) is 20.8. The molecule has 1 aliphatic carbocycles. The van der Waals surface area contributed by atoms with Gasteiger partial charge in [0.25, 0.3) is 5.91 Å². The van der Waals surface area contributed by atoms with Gasteiger partial charge in [-0.15, -0.1) is 11.3 Å². The van der Waals surface area contributed by atoms with Crippen LogP contribution >= 0.6 is 11.3 Å². The molecule has 5 nitrogen and oxygen atoms in total. The third-order valence-corrected chi connectivity index (χ3v) is 6.46. The van der Waals surface area contributed by atoms with Crippen LogP contribution in [0, 0.1) is 18.3 Å². The molecule has 6 heteroatoms. The second-order valence-electron chi connectivity index (χ2n) is 7.48. The van der Waals surface area contributed by atoms with E-state index in [4.69, 9.17) is 4.74 Å². The molecule has 1 amide bonds. The summed E-state index contributed by atoms with van der Waals surface area (Å²) in [5.74, 6) is 0.409. The minimum Gasteiger partial charge on any atom is -0.484 e. The molecule has 2 aromatic carbocycles. The first-order valence-electron chi connectivity index (χ1n) is 10.3. The van der Waals surface area contributed by atoms with Crippen LogP contribution in [0.3, 0.4) is 0 Å². The Morgan fingerprint density at radius 1 is 1.19 bits per heavy atom. The number of hydrogen-bond donors (Lipinski definition) is 1. The summed E-state index contributed by atoms with van der Waals surface area (Å²) in [6.45, 7) is 1.88. The minimum absolute atomic E-state index is 0.0615. The summed E-state index contributed by atoms with van der Waals surface area (Å²) >= 11 is 1.63. The molecule has 0 fully saturated rings. The zero-order valence-corrected chi connectivity index (χ0v) is 18.2. The van der Waals surface area contributed by atoms with Crippen LogP contribution in [0.2, 0.25) is 0 Å². The van der Waals surface area contributed by atoms with E-state index in [1.165, 1.54) is 16.9 Å².